The third kappa shape index (κ3) is 4.96. The van der Waals surface area contributed by atoms with Crippen LogP contribution >= 0.6 is 0 Å². The molecule has 0 aromatic heterocycles. The van der Waals surface area contributed by atoms with E-state index in [2.05, 4.69) is 52.3 Å². The smallest absolute Gasteiger partial charge is 0.0944 e. The first kappa shape index (κ1) is 14.9. The molecule has 0 bridgehead atoms. The molecule has 0 saturated carbocycles. The van der Waals surface area contributed by atoms with Gasteiger partial charge in [-0.3, -0.25) is 0 Å². The second-order valence-corrected chi connectivity index (χ2v) is 5.88. The van der Waals surface area contributed by atoms with Gasteiger partial charge in [0.1, 0.15) is 0 Å². The van der Waals surface area contributed by atoms with Gasteiger partial charge in [0.15, 0.2) is 0 Å². The molecule has 1 N–H and O–H groups in total. The van der Waals surface area contributed by atoms with E-state index >= 15 is 0 Å². The van der Waals surface area contributed by atoms with Crippen molar-refractivity contribution < 1.29 is 4.48 Å². The van der Waals surface area contributed by atoms with Gasteiger partial charge in [-0.2, -0.15) is 0 Å². The molecular weight excluding hydrogens is 186 g/mol. The van der Waals surface area contributed by atoms with Crippen molar-refractivity contribution in [1.29, 1.82) is 0 Å². The number of nitrogens with one attached hydrogen (secondary N) is 1. The van der Waals surface area contributed by atoms with Crippen molar-refractivity contribution in [2.45, 2.75) is 25.8 Å². The Morgan fingerprint density at radius 2 is 1.73 bits per heavy atom. The van der Waals surface area contributed by atoms with Gasteiger partial charge >= 0.3 is 0 Å². The van der Waals surface area contributed by atoms with Gasteiger partial charge in [0.2, 0.25) is 0 Å². The Kier molecular flexibility index (Phi) is 5.78. The van der Waals surface area contributed by atoms with Crippen LogP contribution in [0.15, 0.2) is 0 Å². The van der Waals surface area contributed by atoms with E-state index in [0.717, 1.165) is 17.6 Å². The molecule has 0 rings (SSSR count). The van der Waals surface area contributed by atoms with Crippen molar-refractivity contribution in [3.63, 3.8) is 0 Å². The van der Waals surface area contributed by atoms with Crippen LogP contribution in [0.3, 0.4) is 0 Å². The Hall–Kier alpha value is -0.120. The molecule has 0 spiro atoms. The van der Waals surface area contributed by atoms with Gasteiger partial charge in [-0.25, -0.2) is 0 Å². The van der Waals surface area contributed by atoms with Gasteiger partial charge in [-0.15, -0.1) is 0 Å². The minimum absolute atomic E-state index is 0.334. The van der Waals surface area contributed by atoms with Crippen molar-refractivity contribution in [3.05, 3.63) is 0 Å². The Balaban J connectivity index is 4.26. The molecule has 92 valence electrons. The third-order valence-corrected chi connectivity index (χ3v) is 3.73. The molecule has 15 heavy (non-hydrogen) atoms. The van der Waals surface area contributed by atoms with Crippen LogP contribution in [-0.4, -0.2) is 69.8 Å². The second kappa shape index (κ2) is 5.83. The molecule has 0 atom stereocenters. The standard InChI is InChI=1S/C12H30N3/c1-12(2,8-10-14(4)5)15(6,7)11-9-13-3/h13H,8-11H2,1-7H3/q+1. The van der Waals surface area contributed by atoms with Crippen molar-refractivity contribution in [3.8, 4) is 0 Å². The molecule has 0 aromatic rings. The molecule has 0 aromatic carbocycles. The van der Waals surface area contributed by atoms with Crippen LogP contribution in [0.25, 0.3) is 0 Å². The van der Waals surface area contributed by atoms with E-state index in [9.17, 15) is 0 Å². The Morgan fingerprint density at radius 3 is 2.13 bits per heavy atom. The number of nitrogens with zero attached hydrogens (tertiary/aromatic N) is 2. The Morgan fingerprint density at radius 1 is 1.20 bits per heavy atom. The highest BCUT2D eigenvalue weighted by Crippen LogP contribution is 2.23. The van der Waals surface area contributed by atoms with Gasteiger partial charge in [-0.05, 0) is 35.0 Å². The molecule has 0 aliphatic rings. The van der Waals surface area contributed by atoms with Crippen LogP contribution in [0.1, 0.15) is 20.3 Å². The average Bonchev–Trinajstić information content (AvgIpc) is 2.11. The Bertz CT molecular complexity index is 174. The zero-order valence-electron chi connectivity index (χ0n) is 11.7. The van der Waals surface area contributed by atoms with E-state index in [-0.39, 0.29) is 0 Å². The fourth-order valence-corrected chi connectivity index (χ4v) is 1.49. The van der Waals surface area contributed by atoms with E-state index in [4.69, 9.17) is 0 Å². The van der Waals surface area contributed by atoms with Crippen molar-refractivity contribution in [1.82, 2.24) is 10.2 Å². The zero-order valence-corrected chi connectivity index (χ0v) is 11.7. The van der Waals surface area contributed by atoms with E-state index in [1.54, 1.807) is 0 Å². The first-order chi connectivity index (χ1) is 6.73. The topological polar surface area (TPSA) is 15.3 Å². The lowest BCUT2D eigenvalue weighted by molar-refractivity contribution is -0.937. The molecule has 3 heteroatoms. The summed E-state index contributed by atoms with van der Waals surface area (Å²) in [5.74, 6) is 0. The maximum Gasteiger partial charge on any atom is 0.0944 e. The average molecular weight is 216 g/mol. The summed E-state index contributed by atoms with van der Waals surface area (Å²) < 4.78 is 1.07. The summed E-state index contributed by atoms with van der Waals surface area (Å²) in [4.78, 5) is 2.26. The fraction of sp³-hybridized carbons (Fsp3) is 1.00. The van der Waals surface area contributed by atoms with Gasteiger partial charge < -0.3 is 14.7 Å². The molecule has 3 nitrogen and oxygen atoms in total. The Labute approximate surface area is 96.0 Å². The lowest BCUT2D eigenvalue weighted by atomic mass is 9.95. The van der Waals surface area contributed by atoms with E-state index in [0.29, 0.717) is 5.54 Å². The largest absolute Gasteiger partial charge is 0.323 e. The quantitative estimate of drug-likeness (QED) is 0.639. The first-order valence-corrected chi connectivity index (χ1v) is 5.85. The SMILES string of the molecule is CNCC[N+](C)(C)C(C)(C)CCN(C)C. The summed E-state index contributed by atoms with van der Waals surface area (Å²) in [6.45, 7) is 8.15. The van der Waals surface area contributed by atoms with E-state index in [1.165, 1.54) is 13.0 Å². The van der Waals surface area contributed by atoms with E-state index in [1.807, 2.05) is 7.05 Å². The minimum Gasteiger partial charge on any atom is -0.323 e. The molecule has 0 aliphatic carbocycles. The van der Waals surface area contributed by atoms with Gasteiger partial charge in [0.05, 0.1) is 26.2 Å². The summed E-state index contributed by atoms with van der Waals surface area (Å²) >= 11 is 0. The molecular formula is C12H30N3+. The first-order valence-electron chi connectivity index (χ1n) is 5.85. The third-order valence-electron chi connectivity index (χ3n) is 3.73. The summed E-state index contributed by atoms with van der Waals surface area (Å²) in [6, 6.07) is 0. The van der Waals surface area contributed by atoms with Crippen LogP contribution in [-0.2, 0) is 0 Å². The highest BCUT2D eigenvalue weighted by molar-refractivity contribution is 4.71. The summed E-state index contributed by atoms with van der Waals surface area (Å²) in [6.07, 6.45) is 1.23. The summed E-state index contributed by atoms with van der Waals surface area (Å²) in [7, 11) is 11.0. The zero-order chi connectivity index (χ0) is 12.1. The molecule has 0 aliphatic heterocycles. The highest BCUT2D eigenvalue weighted by Gasteiger charge is 2.35. The van der Waals surface area contributed by atoms with Crippen molar-refractivity contribution >= 4 is 0 Å². The number of hydrogen-bond donors (Lipinski definition) is 1. The minimum atomic E-state index is 0.334. The predicted molar refractivity (Wildman–Crippen MR) is 68.2 cm³/mol. The molecule has 0 saturated heterocycles. The van der Waals surface area contributed by atoms with Gasteiger partial charge in [-0.1, -0.05) is 0 Å². The highest BCUT2D eigenvalue weighted by atomic mass is 15.4. The van der Waals surface area contributed by atoms with Gasteiger partial charge in [0, 0.05) is 19.5 Å². The van der Waals surface area contributed by atoms with Gasteiger partial charge in [0.25, 0.3) is 0 Å². The molecule has 0 heterocycles. The van der Waals surface area contributed by atoms with Crippen LogP contribution in [0.5, 0.6) is 0 Å². The molecule has 0 radical (unpaired) electrons. The number of likely N-dealkylation sites (N-methyl/N-ethyl adjacent to an activating group) is 2. The molecule has 0 unspecified atom stereocenters. The van der Waals surface area contributed by atoms with Crippen LogP contribution in [0.2, 0.25) is 0 Å². The summed E-state index contributed by atoms with van der Waals surface area (Å²) in [5.41, 5.74) is 0.334. The van der Waals surface area contributed by atoms with Crippen LogP contribution in [0.4, 0.5) is 0 Å². The number of hydrogen-bond acceptors (Lipinski definition) is 2. The normalized spacial score (nSPS) is 13.6. The second-order valence-electron chi connectivity index (χ2n) is 5.88. The number of rotatable bonds is 7. The predicted octanol–water partition coefficient (Wildman–Crippen LogP) is 1.01. The van der Waals surface area contributed by atoms with Crippen LogP contribution in [0, 0.1) is 0 Å². The van der Waals surface area contributed by atoms with Crippen molar-refractivity contribution in [2.24, 2.45) is 0 Å². The monoisotopic (exact) mass is 216 g/mol. The lowest BCUT2D eigenvalue weighted by Crippen LogP contribution is -2.58. The van der Waals surface area contributed by atoms with Crippen LogP contribution < -0.4 is 5.32 Å². The summed E-state index contributed by atoms with van der Waals surface area (Å²) in [5, 5.41) is 3.23. The fourth-order valence-electron chi connectivity index (χ4n) is 1.49. The maximum absolute atomic E-state index is 3.23. The van der Waals surface area contributed by atoms with E-state index < -0.39 is 0 Å². The molecule has 0 amide bonds. The lowest BCUT2D eigenvalue weighted by Gasteiger charge is -2.45. The van der Waals surface area contributed by atoms with Crippen molar-refractivity contribution in [2.75, 3.05) is 54.9 Å². The maximum atomic E-state index is 3.23. The number of quaternary nitrogens is 1. The molecule has 0 fully saturated rings.